The average Bonchev–Trinajstić information content (AvgIpc) is 2.08. The Morgan fingerprint density at radius 3 is 2.67 bits per heavy atom. The van der Waals surface area contributed by atoms with Gasteiger partial charge in [-0.25, -0.2) is 13.8 Å². The van der Waals surface area contributed by atoms with E-state index in [1.807, 2.05) is 0 Å². The van der Waals surface area contributed by atoms with E-state index in [2.05, 4.69) is 4.98 Å². The Morgan fingerprint density at radius 2 is 2.20 bits per heavy atom. The Hall–Kier alpha value is -1.72. The van der Waals surface area contributed by atoms with Gasteiger partial charge in [-0.3, -0.25) is 4.79 Å². The fourth-order valence-electron chi connectivity index (χ4n) is 1.15. The zero-order valence-corrected chi connectivity index (χ0v) is 7.87. The number of aryl methyl sites for hydroxylation is 1. The highest BCUT2D eigenvalue weighted by Crippen LogP contribution is 2.26. The Balaban J connectivity index is 3.17. The fourth-order valence-corrected chi connectivity index (χ4v) is 1.15. The first kappa shape index (κ1) is 11.4. The molecule has 1 heterocycles. The van der Waals surface area contributed by atoms with E-state index in [0.717, 1.165) is 6.07 Å². The van der Waals surface area contributed by atoms with Crippen LogP contribution in [0.2, 0.25) is 0 Å². The van der Waals surface area contributed by atoms with E-state index in [1.165, 1.54) is 6.92 Å². The Labute approximate surface area is 84.2 Å². The molecule has 0 aliphatic rings. The van der Waals surface area contributed by atoms with Crippen LogP contribution in [0.15, 0.2) is 6.07 Å². The molecule has 0 fully saturated rings. The van der Waals surface area contributed by atoms with Gasteiger partial charge in [-0.05, 0) is 18.6 Å². The molecular formula is C9H9F2NO3. The highest BCUT2D eigenvalue weighted by Gasteiger charge is 2.17. The van der Waals surface area contributed by atoms with Crippen molar-refractivity contribution in [2.45, 2.75) is 19.8 Å². The number of nitrogens with zero attached hydrogens (tertiary/aromatic N) is 1. The van der Waals surface area contributed by atoms with Crippen LogP contribution in [0.1, 0.15) is 23.4 Å². The summed E-state index contributed by atoms with van der Waals surface area (Å²) in [4.78, 5) is 13.8. The van der Waals surface area contributed by atoms with E-state index in [0.29, 0.717) is 0 Å². The van der Waals surface area contributed by atoms with Gasteiger partial charge in [-0.15, -0.1) is 0 Å². The quantitative estimate of drug-likeness (QED) is 0.807. The van der Waals surface area contributed by atoms with Gasteiger partial charge >= 0.3 is 5.97 Å². The van der Waals surface area contributed by atoms with Gasteiger partial charge in [0.15, 0.2) is 0 Å². The number of hydrogen-bond acceptors (Lipinski definition) is 3. The number of pyridine rings is 1. The summed E-state index contributed by atoms with van der Waals surface area (Å²) in [5, 5.41) is 17.7. The molecule has 1 aromatic heterocycles. The zero-order valence-electron chi connectivity index (χ0n) is 7.87. The predicted octanol–water partition coefficient (Wildman–Crippen LogP) is 1.66. The van der Waals surface area contributed by atoms with Gasteiger partial charge in [0.25, 0.3) is 6.43 Å². The molecule has 0 saturated heterocycles. The number of carboxylic acids is 1. The van der Waals surface area contributed by atoms with Gasteiger partial charge < -0.3 is 10.2 Å². The lowest BCUT2D eigenvalue weighted by molar-refractivity contribution is -0.136. The van der Waals surface area contributed by atoms with Crippen molar-refractivity contribution < 1.29 is 23.8 Å². The Kier molecular flexibility index (Phi) is 3.18. The SMILES string of the molecule is Cc1cc(O)c(CC(=O)O)nc1C(F)F. The number of aromatic nitrogens is 1. The zero-order chi connectivity index (χ0) is 11.6. The smallest absolute Gasteiger partial charge is 0.309 e. The lowest BCUT2D eigenvalue weighted by atomic mass is 10.1. The van der Waals surface area contributed by atoms with Crippen LogP contribution in [0.3, 0.4) is 0 Å². The standard InChI is InChI=1S/C9H9F2NO3/c1-4-2-6(13)5(3-7(14)15)12-8(4)9(10)11/h2,9,13H,3H2,1H3,(H,14,15). The molecule has 0 aromatic carbocycles. The number of halogens is 2. The summed E-state index contributed by atoms with van der Waals surface area (Å²) in [5.74, 6) is -1.61. The highest BCUT2D eigenvalue weighted by atomic mass is 19.3. The normalized spacial score (nSPS) is 10.7. The van der Waals surface area contributed by atoms with Crippen molar-refractivity contribution in [1.82, 2.24) is 4.98 Å². The number of aliphatic carboxylic acids is 1. The van der Waals surface area contributed by atoms with Crippen LogP contribution >= 0.6 is 0 Å². The highest BCUT2D eigenvalue weighted by molar-refractivity contribution is 5.70. The molecule has 0 spiro atoms. The molecule has 1 rings (SSSR count). The maximum Gasteiger partial charge on any atom is 0.309 e. The van der Waals surface area contributed by atoms with E-state index < -0.39 is 24.5 Å². The molecule has 0 saturated carbocycles. The van der Waals surface area contributed by atoms with Crippen LogP contribution in [0.4, 0.5) is 8.78 Å². The van der Waals surface area contributed by atoms with Crippen molar-refractivity contribution in [1.29, 1.82) is 0 Å². The summed E-state index contributed by atoms with van der Waals surface area (Å²) in [6.45, 7) is 1.37. The van der Waals surface area contributed by atoms with Gasteiger partial charge in [-0.2, -0.15) is 0 Å². The number of carboxylic acid groups (broad SMARTS) is 1. The van der Waals surface area contributed by atoms with Gasteiger partial charge in [-0.1, -0.05) is 0 Å². The first-order valence-electron chi connectivity index (χ1n) is 4.11. The van der Waals surface area contributed by atoms with E-state index >= 15 is 0 Å². The Bertz CT molecular complexity index is 393. The minimum Gasteiger partial charge on any atom is -0.506 e. The molecule has 0 unspecified atom stereocenters. The van der Waals surface area contributed by atoms with Crippen molar-refractivity contribution in [2.75, 3.05) is 0 Å². The van der Waals surface area contributed by atoms with E-state index in [9.17, 15) is 18.7 Å². The average molecular weight is 217 g/mol. The second-order valence-corrected chi connectivity index (χ2v) is 3.03. The minimum atomic E-state index is -2.78. The molecule has 15 heavy (non-hydrogen) atoms. The maximum absolute atomic E-state index is 12.4. The van der Waals surface area contributed by atoms with Gasteiger partial charge in [0.05, 0.1) is 12.1 Å². The molecule has 0 aliphatic heterocycles. The molecule has 2 N–H and O–H groups in total. The van der Waals surface area contributed by atoms with E-state index in [4.69, 9.17) is 5.11 Å². The second kappa shape index (κ2) is 4.20. The number of aromatic hydroxyl groups is 1. The van der Waals surface area contributed by atoms with Crippen molar-refractivity contribution in [3.8, 4) is 5.75 Å². The van der Waals surface area contributed by atoms with Gasteiger partial charge in [0.2, 0.25) is 0 Å². The molecule has 0 aliphatic carbocycles. The minimum absolute atomic E-state index is 0.136. The van der Waals surface area contributed by atoms with Crippen molar-refractivity contribution >= 4 is 5.97 Å². The van der Waals surface area contributed by atoms with Crippen LogP contribution in [-0.4, -0.2) is 21.2 Å². The van der Waals surface area contributed by atoms with Crippen molar-refractivity contribution in [3.63, 3.8) is 0 Å². The van der Waals surface area contributed by atoms with Crippen LogP contribution in [-0.2, 0) is 11.2 Å². The Morgan fingerprint density at radius 1 is 1.60 bits per heavy atom. The number of alkyl halides is 2. The molecule has 0 radical (unpaired) electrons. The summed E-state index contributed by atoms with van der Waals surface area (Å²) in [5.41, 5.74) is -0.607. The summed E-state index contributed by atoms with van der Waals surface area (Å²) < 4.78 is 24.8. The lowest BCUT2D eigenvalue weighted by Gasteiger charge is -2.07. The van der Waals surface area contributed by atoms with E-state index in [1.54, 1.807) is 0 Å². The summed E-state index contributed by atoms with van der Waals surface area (Å²) in [7, 11) is 0. The molecule has 82 valence electrons. The molecular weight excluding hydrogens is 208 g/mol. The third-order valence-electron chi connectivity index (χ3n) is 1.83. The molecule has 0 bridgehead atoms. The number of hydrogen-bond donors (Lipinski definition) is 2. The molecule has 0 amide bonds. The van der Waals surface area contributed by atoms with Crippen LogP contribution < -0.4 is 0 Å². The number of rotatable bonds is 3. The third-order valence-corrected chi connectivity index (χ3v) is 1.83. The molecule has 6 heteroatoms. The molecule has 1 aromatic rings. The molecule has 4 nitrogen and oxygen atoms in total. The van der Waals surface area contributed by atoms with Crippen molar-refractivity contribution in [3.05, 3.63) is 23.0 Å². The van der Waals surface area contributed by atoms with Crippen LogP contribution in [0.5, 0.6) is 5.75 Å². The number of carbonyl (C=O) groups is 1. The van der Waals surface area contributed by atoms with Crippen LogP contribution in [0, 0.1) is 6.92 Å². The topological polar surface area (TPSA) is 70.4 Å². The first-order valence-corrected chi connectivity index (χ1v) is 4.11. The van der Waals surface area contributed by atoms with Gasteiger partial charge in [0, 0.05) is 0 Å². The summed E-state index contributed by atoms with van der Waals surface area (Å²) in [6, 6.07) is 1.09. The van der Waals surface area contributed by atoms with Gasteiger partial charge in [0.1, 0.15) is 11.4 Å². The fraction of sp³-hybridized carbons (Fsp3) is 0.333. The second-order valence-electron chi connectivity index (χ2n) is 3.03. The predicted molar refractivity (Wildman–Crippen MR) is 46.9 cm³/mol. The van der Waals surface area contributed by atoms with E-state index in [-0.39, 0.29) is 17.0 Å². The van der Waals surface area contributed by atoms with Crippen LogP contribution in [0.25, 0.3) is 0 Å². The molecule has 0 atom stereocenters. The summed E-state index contributed by atoms with van der Waals surface area (Å²) >= 11 is 0. The third kappa shape index (κ3) is 2.61. The lowest BCUT2D eigenvalue weighted by Crippen LogP contribution is -2.06. The maximum atomic E-state index is 12.4. The monoisotopic (exact) mass is 217 g/mol. The van der Waals surface area contributed by atoms with Crippen molar-refractivity contribution in [2.24, 2.45) is 0 Å². The largest absolute Gasteiger partial charge is 0.506 e. The first-order chi connectivity index (χ1) is 6.91. The summed E-state index contributed by atoms with van der Waals surface area (Å²) in [6.07, 6.45) is -3.36.